The number of para-hydroxylation sites is 2. The van der Waals surface area contributed by atoms with Gasteiger partial charge in [-0.3, -0.25) is 9.97 Å². The van der Waals surface area contributed by atoms with Crippen LogP contribution in [0.5, 0.6) is 11.5 Å². The van der Waals surface area contributed by atoms with E-state index in [4.69, 9.17) is 0 Å². The summed E-state index contributed by atoms with van der Waals surface area (Å²) in [6.45, 7) is 0. The van der Waals surface area contributed by atoms with Crippen LogP contribution in [0.25, 0.3) is 21.8 Å². The molecule has 0 N–H and O–H groups in total. The summed E-state index contributed by atoms with van der Waals surface area (Å²) >= 11 is 0. The third kappa shape index (κ3) is 4.19. The molecule has 0 amide bonds. The van der Waals surface area contributed by atoms with Crippen LogP contribution in [-0.4, -0.2) is 9.97 Å². The van der Waals surface area contributed by atoms with Crippen LogP contribution < -0.4 is 10.2 Å². The largest absolute Gasteiger partial charge is 2.00 e. The Bertz CT molecular complexity index is 851. The van der Waals surface area contributed by atoms with E-state index in [-0.39, 0.29) is 28.6 Å². The Balaban J connectivity index is 0.000000160. The van der Waals surface area contributed by atoms with Gasteiger partial charge in [-0.15, -0.1) is 0 Å². The van der Waals surface area contributed by atoms with Gasteiger partial charge in [0.25, 0.3) is 0 Å². The normalized spacial score (nSPS) is 9.74. The molecule has 0 saturated heterocycles. The maximum atomic E-state index is 10.8. The summed E-state index contributed by atoms with van der Waals surface area (Å²) < 4.78 is 0. The molecular weight excluding hydrogens is 340 g/mol. The maximum Gasteiger partial charge on any atom is 2.00 e. The zero-order valence-electron chi connectivity index (χ0n) is 11.9. The quantitative estimate of drug-likeness (QED) is 0.456. The fraction of sp³-hybridized carbons (Fsp3) is 0. The molecule has 0 aliphatic heterocycles. The van der Waals surface area contributed by atoms with Gasteiger partial charge >= 0.3 is 17.1 Å². The van der Waals surface area contributed by atoms with Crippen molar-refractivity contribution in [3.05, 3.63) is 73.1 Å². The predicted octanol–water partition coefficient (Wildman–Crippen LogP) is 2.61. The number of fused-ring (bicyclic) bond motifs is 2. The van der Waals surface area contributed by atoms with Gasteiger partial charge in [-0.05, 0) is 22.9 Å². The van der Waals surface area contributed by atoms with Crippen molar-refractivity contribution in [2.24, 2.45) is 0 Å². The molecule has 4 nitrogen and oxygen atoms in total. The molecule has 4 rings (SSSR count). The van der Waals surface area contributed by atoms with Crippen molar-refractivity contribution in [1.29, 1.82) is 0 Å². The van der Waals surface area contributed by atoms with Crippen LogP contribution in [0.4, 0.5) is 0 Å². The molecule has 117 valence electrons. The predicted molar refractivity (Wildman–Crippen MR) is 82.4 cm³/mol. The molecule has 0 aliphatic rings. The van der Waals surface area contributed by atoms with Gasteiger partial charge in [0.15, 0.2) is 0 Å². The molecule has 1 radical (unpaired) electrons. The number of rotatable bonds is 0. The van der Waals surface area contributed by atoms with Crippen LogP contribution in [-0.2, 0) is 17.1 Å². The molecule has 0 fully saturated rings. The van der Waals surface area contributed by atoms with E-state index in [2.05, 4.69) is 9.97 Å². The molecule has 0 atom stereocenters. The van der Waals surface area contributed by atoms with Crippen molar-refractivity contribution in [2.75, 3.05) is 0 Å². The first kappa shape index (κ1) is 16.7. The molecule has 2 aromatic heterocycles. The fourth-order valence-electron chi connectivity index (χ4n) is 2.10. The Morgan fingerprint density at radius 3 is 1.43 bits per heavy atom. The molecule has 0 bridgehead atoms. The molecule has 2 aromatic carbocycles. The van der Waals surface area contributed by atoms with E-state index in [1.54, 1.807) is 12.1 Å². The van der Waals surface area contributed by atoms with Gasteiger partial charge in [0.1, 0.15) is 0 Å². The number of nitrogens with zero attached hydrogens (tertiary/aromatic N) is 2. The van der Waals surface area contributed by atoms with Crippen molar-refractivity contribution < 1.29 is 27.3 Å². The van der Waals surface area contributed by atoms with E-state index in [0.29, 0.717) is 0 Å². The van der Waals surface area contributed by atoms with Crippen LogP contribution in [0.2, 0.25) is 0 Å². The second-order valence-electron chi connectivity index (χ2n) is 4.73. The SMILES string of the molecule is [Cu+2].[O-]c1cnc2ccccc2c1.[O-]c1cnc2ccccc2c1. The molecule has 0 unspecified atom stereocenters. The van der Waals surface area contributed by atoms with Crippen LogP contribution in [0, 0.1) is 0 Å². The number of hydrogen-bond acceptors (Lipinski definition) is 4. The van der Waals surface area contributed by atoms with E-state index < -0.39 is 0 Å². The Hall–Kier alpha value is -2.62. The summed E-state index contributed by atoms with van der Waals surface area (Å²) in [6.07, 6.45) is 2.67. The third-order valence-electron chi connectivity index (χ3n) is 3.13. The summed E-state index contributed by atoms with van der Waals surface area (Å²) in [4.78, 5) is 7.94. The summed E-state index contributed by atoms with van der Waals surface area (Å²) in [6, 6.07) is 18.3. The monoisotopic (exact) mass is 351 g/mol. The third-order valence-corrected chi connectivity index (χ3v) is 3.13. The Morgan fingerprint density at radius 2 is 1.00 bits per heavy atom. The standard InChI is InChI=1S/2C9H7NO.Cu/c2*11-8-5-7-3-1-2-4-9(7)10-6-8;/h2*1-6,11H;/q;;+2/p-2. The van der Waals surface area contributed by atoms with Gasteiger partial charge < -0.3 is 10.2 Å². The number of pyridine rings is 2. The first-order chi connectivity index (χ1) is 10.7. The van der Waals surface area contributed by atoms with Gasteiger partial charge in [0.05, 0.1) is 11.0 Å². The zero-order valence-corrected chi connectivity index (χ0v) is 12.9. The summed E-state index contributed by atoms with van der Waals surface area (Å²) in [5.41, 5.74) is 1.74. The smallest absolute Gasteiger partial charge is 0.871 e. The molecular formula is C18H12CuN2O2. The summed E-state index contributed by atoms with van der Waals surface area (Å²) in [5.74, 6) is -0.0765. The van der Waals surface area contributed by atoms with Gasteiger partial charge in [0, 0.05) is 12.4 Å². The molecule has 5 heteroatoms. The van der Waals surface area contributed by atoms with Crippen LogP contribution in [0.3, 0.4) is 0 Å². The fourth-order valence-corrected chi connectivity index (χ4v) is 2.10. The van der Waals surface area contributed by atoms with Crippen LogP contribution in [0.15, 0.2) is 73.1 Å². The van der Waals surface area contributed by atoms with Crippen LogP contribution in [0.1, 0.15) is 0 Å². The average Bonchev–Trinajstić information content (AvgIpc) is 2.55. The molecule has 0 saturated carbocycles. The van der Waals surface area contributed by atoms with Crippen molar-refractivity contribution in [3.8, 4) is 11.5 Å². The molecule has 23 heavy (non-hydrogen) atoms. The summed E-state index contributed by atoms with van der Waals surface area (Å²) in [5, 5.41) is 23.4. The number of hydrogen-bond donors (Lipinski definition) is 0. The Labute approximate surface area is 143 Å². The van der Waals surface area contributed by atoms with Crippen molar-refractivity contribution >= 4 is 21.8 Å². The molecule has 2 heterocycles. The van der Waals surface area contributed by atoms with Gasteiger partial charge in [0.2, 0.25) is 0 Å². The van der Waals surface area contributed by atoms with Crippen molar-refractivity contribution in [3.63, 3.8) is 0 Å². The molecule has 0 spiro atoms. The molecule has 4 aromatic rings. The van der Waals surface area contributed by atoms with Crippen molar-refractivity contribution in [1.82, 2.24) is 9.97 Å². The van der Waals surface area contributed by atoms with E-state index in [9.17, 15) is 10.2 Å². The molecule has 0 aliphatic carbocycles. The van der Waals surface area contributed by atoms with E-state index >= 15 is 0 Å². The summed E-state index contributed by atoms with van der Waals surface area (Å²) in [7, 11) is 0. The number of aromatic nitrogens is 2. The average molecular weight is 352 g/mol. The van der Waals surface area contributed by atoms with E-state index in [0.717, 1.165) is 21.8 Å². The second-order valence-corrected chi connectivity index (χ2v) is 4.73. The first-order valence-corrected chi connectivity index (χ1v) is 6.76. The van der Waals surface area contributed by atoms with E-state index in [1.807, 2.05) is 48.5 Å². The van der Waals surface area contributed by atoms with E-state index in [1.165, 1.54) is 12.4 Å². The topological polar surface area (TPSA) is 71.9 Å². The van der Waals surface area contributed by atoms with Gasteiger partial charge in [-0.2, -0.15) is 0 Å². The Kier molecular flexibility index (Phi) is 5.52. The second kappa shape index (κ2) is 7.58. The van der Waals surface area contributed by atoms with Crippen LogP contribution >= 0.6 is 0 Å². The first-order valence-electron chi connectivity index (χ1n) is 6.76. The minimum atomic E-state index is -0.0382. The van der Waals surface area contributed by atoms with Gasteiger partial charge in [-0.1, -0.05) is 60.0 Å². The maximum absolute atomic E-state index is 10.8. The minimum absolute atomic E-state index is 0. The van der Waals surface area contributed by atoms with Gasteiger partial charge in [-0.25, -0.2) is 0 Å². The van der Waals surface area contributed by atoms with Crippen molar-refractivity contribution in [2.45, 2.75) is 0 Å². The Morgan fingerprint density at radius 1 is 0.609 bits per heavy atom. The zero-order chi connectivity index (χ0) is 15.4. The minimum Gasteiger partial charge on any atom is -0.871 e. The number of benzene rings is 2.